The minimum absolute atomic E-state index is 0.0382. The van der Waals surface area contributed by atoms with E-state index in [2.05, 4.69) is 5.32 Å². The Morgan fingerprint density at radius 3 is 2.86 bits per heavy atom. The third kappa shape index (κ3) is 3.74. The maximum atomic E-state index is 12.8. The van der Waals surface area contributed by atoms with Crippen molar-refractivity contribution >= 4 is 15.8 Å². The summed E-state index contributed by atoms with van der Waals surface area (Å²) in [5.41, 5.74) is 0.465. The molecule has 0 aliphatic carbocycles. The summed E-state index contributed by atoms with van der Waals surface area (Å²) >= 11 is 0. The van der Waals surface area contributed by atoms with Crippen molar-refractivity contribution in [2.75, 3.05) is 26.7 Å². The maximum Gasteiger partial charge on any atom is 0.243 e. The van der Waals surface area contributed by atoms with Crippen LogP contribution < -0.4 is 5.32 Å². The van der Waals surface area contributed by atoms with Crippen molar-refractivity contribution in [1.82, 2.24) is 9.62 Å². The number of hydrogen-bond donors (Lipinski definition) is 1. The molecule has 1 unspecified atom stereocenters. The average molecular weight is 324 g/mol. The zero-order valence-corrected chi connectivity index (χ0v) is 14.0. The SMILES string of the molecule is CCC(=O)c1cccc(S(=O)(=O)N2CCCC(CNC)C2)c1. The molecule has 1 saturated heterocycles. The van der Waals surface area contributed by atoms with Crippen molar-refractivity contribution in [3.63, 3.8) is 0 Å². The van der Waals surface area contributed by atoms with Gasteiger partial charge in [-0.2, -0.15) is 4.31 Å². The molecule has 1 fully saturated rings. The molecule has 2 rings (SSSR count). The van der Waals surface area contributed by atoms with Crippen LogP contribution in [0.15, 0.2) is 29.2 Å². The molecule has 5 nitrogen and oxygen atoms in total. The van der Waals surface area contributed by atoms with Gasteiger partial charge < -0.3 is 5.32 Å². The van der Waals surface area contributed by atoms with Crippen LogP contribution in [0, 0.1) is 5.92 Å². The molecular formula is C16H24N2O3S. The second kappa shape index (κ2) is 7.35. The van der Waals surface area contributed by atoms with Crippen LogP contribution in [0.4, 0.5) is 0 Å². The average Bonchev–Trinajstić information content (AvgIpc) is 2.55. The van der Waals surface area contributed by atoms with Crippen molar-refractivity contribution in [2.24, 2.45) is 5.92 Å². The van der Waals surface area contributed by atoms with E-state index in [9.17, 15) is 13.2 Å². The number of ketones is 1. The largest absolute Gasteiger partial charge is 0.319 e. The van der Waals surface area contributed by atoms with Crippen LogP contribution in [0.2, 0.25) is 0 Å². The molecule has 122 valence electrons. The van der Waals surface area contributed by atoms with Gasteiger partial charge in [0.1, 0.15) is 0 Å². The van der Waals surface area contributed by atoms with E-state index < -0.39 is 10.0 Å². The van der Waals surface area contributed by atoms with Gasteiger partial charge in [-0.25, -0.2) is 8.42 Å². The number of carbonyl (C=O) groups is 1. The van der Waals surface area contributed by atoms with Crippen LogP contribution in [-0.2, 0) is 10.0 Å². The Morgan fingerprint density at radius 2 is 2.18 bits per heavy atom. The standard InChI is InChI=1S/C16H24N2O3S/c1-3-16(19)14-7-4-8-15(10-14)22(20,21)18-9-5-6-13(12-18)11-17-2/h4,7-8,10,13,17H,3,5-6,9,11-12H2,1-2H3. The van der Waals surface area contributed by atoms with Crippen molar-refractivity contribution in [1.29, 1.82) is 0 Å². The first kappa shape index (κ1) is 17.1. The zero-order valence-electron chi connectivity index (χ0n) is 13.2. The normalized spacial score (nSPS) is 20.0. The van der Waals surface area contributed by atoms with Gasteiger partial charge in [-0.15, -0.1) is 0 Å². The topological polar surface area (TPSA) is 66.5 Å². The van der Waals surface area contributed by atoms with E-state index in [-0.39, 0.29) is 10.7 Å². The Hall–Kier alpha value is -1.24. The van der Waals surface area contributed by atoms with E-state index in [0.29, 0.717) is 31.0 Å². The fourth-order valence-corrected chi connectivity index (χ4v) is 4.48. The highest BCUT2D eigenvalue weighted by Crippen LogP contribution is 2.24. The maximum absolute atomic E-state index is 12.8. The zero-order chi connectivity index (χ0) is 16.2. The molecule has 1 aliphatic heterocycles. The third-order valence-corrected chi connectivity index (χ3v) is 5.95. The molecule has 1 N–H and O–H groups in total. The molecule has 0 aromatic heterocycles. The Morgan fingerprint density at radius 1 is 1.41 bits per heavy atom. The first-order chi connectivity index (χ1) is 10.5. The van der Waals surface area contributed by atoms with Crippen LogP contribution in [0.1, 0.15) is 36.5 Å². The molecule has 0 saturated carbocycles. The number of carbonyl (C=O) groups excluding carboxylic acids is 1. The lowest BCUT2D eigenvalue weighted by atomic mass is 10.00. The highest BCUT2D eigenvalue weighted by Gasteiger charge is 2.30. The minimum Gasteiger partial charge on any atom is -0.319 e. The van der Waals surface area contributed by atoms with Gasteiger partial charge in [0.15, 0.2) is 5.78 Å². The first-order valence-corrected chi connectivity index (χ1v) is 9.21. The van der Waals surface area contributed by atoms with Gasteiger partial charge in [0.25, 0.3) is 0 Å². The fourth-order valence-electron chi connectivity index (χ4n) is 2.88. The van der Waals surface area contributed by atoms with E-state index in [1.807, 2.05) is 7.05 Å². The van der Waals surface area contributed by atoms with Gasteiger partial charge in [0, 0.05) is 25.1 Å². The van der Waals surface area contributed by atoms with E-state index in [1.54, 1.807) is 29.4 Å². The molecular weight excluding hydrogens is 300 g/mol. The number of piperidine rings is 1. The molecule has 0 bridgehead atoms. The second-order valence-electron chi connectivity index (χ2n) is 5.73. The van der Waals surface area contributed by atoms with Gasteiger partial charge in [-0.05, 0) is 44.5 Å². The van der Waals surface area contributed by atoms with Crippen LogP contribution in [0.3, 0.4) is 0 Å². The number of hydrogen-bond acceptors (Lipinski definition) is 4. The predicted octanol–water partition coefficient (Wildman–Crippen LogP) is 1.90. The quantitative estimate of drug-likeness (QED) is 0.812. The number of Topliss-reactive ketones (excluding diaryl/α,β-unsaturated/α-hetero) is 1. The number of nitrogens with zero attached hydrogens (tertiary/aromatic N) is 1. The highest BCUT2D eigenvalue weighted by atomic mass is 32.2. The van der Waals surface area contributed by atoms with E-state index in [1.165, 1.54) is 6.07 Å². The molecule has 1 heterocycles. The molecule has 0 amide bonds. The number of nitrogens with one attached hydrogen (secondary N) is 1. The van der Waals surface area contributed by atoms with Gasteiger partial charge in [0.2, 0.25) is 10.0 Å². The van der Waals surface area contributed by atoms with Crippen molar-refractivity contribution < 1.29 is 13.2 Å². The van der Waals surface area contributed by atoms with E-state index in [4.69, 9.17) is 0 Å². The third-order valence-electron chi connectivity index (χ3n) is 4.09. The summed E-state index contributed by atoms with van der Waals surface area (Å²) in [6, 6.07) is 6.39. The molecule has 22 heavy (non-hydrogen) atoms. The molecule has 1 atom stereocenters. The van der Waals surface area contributed by atoms with Gasteiger partial charge >= 0.3 is 0 Å². The van der Waals surface area contributed by atoms with Crippen LogP contribution in [0.25, 0.3) is 0 Å². The van der Waals surface area contributed by atoms with E-state index >= 15 is 0 Å². The van der Waals surface area contributed by atoms with Gasteiger partial charge in [-0.1, -0.05) is 19.1 Å². The Bertz CT molecular complexity index is 626. The number of sulfonamides is 1. The summed E-state index contributed by atoms with van der Waals surface area (Å²) in [4.78, 5) is 12.0. The first-order valence-electron chi connectivity index (χ1n) is 7.77. The fraction of sp³-hybridized carbons (Fsp3) is 0.562. The minimum atomic E-state index is -3.52. The van der Waals surface area contributed by atoms with Crippen molar-refractivity contribution in [3.05, 3.63) is 29.8 Å². The van der Waals surface area contributed by atoms with Crippen LogP contribution in [0.5, 0.6) is 0 Å². The lowest BCUT2D eigenvalue weighted by Crippen LogP contribution is -2.42. The van der Waals surface area contributed by atoms with Gasteiger partial charge in [0.05, 0.1) is 4.90 Å². The second-order valence-corrected chi connectivity index (χ2v) is 7.67. The summed E-state index contributed by atoms with van der Waals surface area (Å²) in [5, 5.41) is 3.11. The summed E-state index contributed by atoms with van der Waals surface area (Å²) in [6.45, 7) is 3.68. The van der Waals surface area contributed by atoms with Crippen LogP contribution in [-0.4, -0.2) is 45.2 Å². The number of rotatable bonds is 6. The van der Waals surface area contributed by atoms with Crippen molar-refractivity contribution in [3.8, 4) is 0 Å². The summed E-state index contributed by atoms with van der Waals surface area (Å²) in [6.07, 6.45) is 2.29. The smallest absolute Gasteiger partial charge is 0.243 e. The summed E-state index contributed by atoms with van der Waals surface area (Å²) in [7, 11) is -1.64. The summed E-state index contributed by atoms with van der Waals surface area (Å²) < 4.78 is 27.1. The molecule has 1 aromatic rings. The van der Waals surface area contributed by atoms with Gasteiger partial charge in [-0.3, -0.25) is 4.79 Å². The predicted molar refractivity (Wildman–Crippen MR) is 86.5 cm³/mol. The van der Waals surface area contributed by atoms with Crippen LogP contribution >= 0.6 is 0 Å². The lowest BCUT2D eigenvalue weighted by Gasteiger charge is -2.31. The Balaban J connectivity index is 2.24. The molecule has 0 radical (unpaired) electrons. The Kier molecular flexibility index (Phi) is 5.72. The highest BCUT2D eigenvalue weighted by molar-refractivity contribution is 7.89. The molecule has 1 aliphatic rings. The monoisotopic (exact) mass is 324 g/mol. The molecule has 1 aromatic carbocycles. The summed E-state index contributed by atoms with van der Waals surface area (Å²) in [5.74, 6) is 0.303. The molecule has 0 spiro atoms. The Labute approximate surface area is 132 Å². The number of benzene rings is 1. The van der Waals surface area contributed by atoms with Crippen molar-refractivity contribution in [2.45, 2.75) is 31.1 Å². The lowest BCUT2D eigenvalue weighted by molar-refractivity contribution is 0.0988. The van der Waals surface area contributed by atoms with E-state index in [0.717, 1.165) is 19.4 Å². The molecule has 6 heteroatoms.